The van der Waals surface area contributed by atoms with E-state index in [0.717, 1.165) is 31.3 Å². The fourth-order valence-electron chi connectivity index (χ4n) is 10.8. The molecule has 0 radical (unpaired) electrons. The van der Waals surface area contributed by atoms with Crippen molar-refractivity contribution in [3.63, 3.8) is 0 Å². The number of rotatable bonds is 10. The zero-order valence-corrected chi connectivity index (χ0v) is 46.7. The normalized spacial score (nSPS) is 37.1. The summed E-state index contributed by atoms with van der Waals surface area (Å²) >= 11 is 0. The molecule has 3 heterocycles. The topological polar surface area (TPSA) is 233 Å². The molecule has 74 heavy (non-hydrogen) atoms. The molecule has 1 amide bonds. The molecule has 0 aromatic heterocycles. The number of nitrogens with zero attached hydrogens (tertiary/aromatic N) is 1. The van der Waals surface area contributed by atoms with E-state index in [2.05, 4.69) is 6.92 Å². The van der Waals surface area contributed by atoms with Crippen LogP contribution in [-0.4, -0.2) is 143 Å². The van der Waals surface area contributed by atoms with Crippen molar-refractivity contribution >= 4 is 35.2 Å². The number of carbonyl (C=O) groups is 6. The first-order valence-corrected chi connectivity index (χ1v) is 27.3. The van der Waals surface area contributed by atoms with Crippen LogP contribution in [0.25, 0.3) is 0 Å². The summed E-state index contributed by atoms with van der Waals surface area (Å²) in [4.78, 5) is 82.0. The first-order chi connectivity index (χ1) is 34.9. The first kappa shape index (κ1) is 64.4. The van der Waals surface area contributed by atoms with Crippen molar-refractivity contribution in [2.75, 3.05) is 27.9 Å². The number of piperidine rings is 1. The van der Waals surface area contributed by atoms with E-state index in [9.17, 15) is 44.1 Å². The zero-order valence-electron chi connectivity index (χ0n) is 46.7. The summed E-state index contributed by atoms with van der Waals surface area (Å²) in [6.45, 7) is 16.6. The molecule has 16 heteroatoms. The summed E-state index contributed by atoms with van der Waals surface area (Å²) in [5.74, 6) is -8.80. The van der Waals surface area contributed by atoms with Crippen LogP contribution in [0.2, 0.25) is 0 Å². The molecule has 2 saturated heterocycles. The highest BCUT2D eigenvalue weighted by Gasteiger charge is 2.53. The van der Waals surface area contributed by atoms with Crippen LogP contribution in [0.5, 0.6) is 0 Å². The van der Waals surface area contributed by atoms with Gasteiger partial charge >= 0.3 is 11.9 Å². The third-order valence-electron chi connectivity index (χ3n) is 15.9. The Morgan fingerprint density at radius 2 is 1.57 bits per heavy atom. The molecule has 4 rings (SSSR count). The monoisotopic (exact) mass is 1040 g/mol. The molecule has 0 spiro atoms. The lowest BCUT2D eigenvalue weighted by molar-refractivity contribution is -0.265. The second-order valence-electron chi connectivity index (χ2n) is 22.0. The van der Waals surface area contributed by atoms with Gasteiger partial charge in [0.2, 0.25) is 5.79 Å². The smallest absolute Gasteiger partial charge is 0.329 e. The molecule has 3 fully saturated rings. The molecule has 420 valence electrons. The van der Waals surface area contributed by atoms with Gasteiger partial charge in [-0.3, -0.25) is 24.0 Å². The molecule has 0 aromatic rings. The Balaban J connectivity index is 0.00000146. The number of aliphatic carboxylic acids is 1. The fourth-order valence-corrected chi connectivity index (χ4v) is 10.8. The molecule has 2 bridgehead atoms. The van der Waals surface area contributed by atoms with E-state index < -0.39 is 89.8 Å². The summed E-state index contributed by atoms with van der Waals surface area (Å²) in [6.07, 6.45) is 14.1. The van der Waals surface area contributed by atoms with Crippen molar-refractivity contribution in [1.29, 1.82) is 0 Å². The number of carboxylic acids is 1. The van der Waals surface area contributed by atoms with Crippen LogP contribution in [0.3, 0.4) is 0 Å². The number of cyclic esters (lactones) is 1. The van der Waals surface area contributed by atoms with Gasteiger partial charge in [0.1, 0.15) is 30.1 Å². The number of carboxylic acid groups (broad SMARTS) is 1. The van der Waals surface area contributed by atoms with Gasteiger partial charge < -0.3 is 49.0 Å². The fraction of sp³-hybridized carbons (Fsp3) is 0.759. The Morgan fingerprint density at radius 3 is 2.20 bits per heavy atom. The largest absolute Gasteiger partial charge is 0.481 e. The second-order valence-corrected chi connectivity index (χ2v) is 22.0. The van der Waals surface area contributed by atoms with Crippen LogP contribution in [0.4, 0.5) is 0 Å². The van der Waals surface area contributed by atoms with E-state index in [1.165, 1.54) is 12.0 Å². The second kappa shape index (κ2) is 31.4. The van der Waals surface area contributed by atoms with Gasteiger partial charge in [0.05, 0.1) is 30.3 Å². The van der Waals surface area contributed by atoms with Gasteiger partial charge in [-0.1, -0.05) is 97.8 Å². The lowest BCUT2D eigenvalue weighted by Crippen LogP contribution is -2.61. The van der Waals surface area contributed by atoms with Crippen molar-refractivity contribution in [2.45, 2.75) is 213 Å². The molecule has 1 saturated carbocycles. The highest BCUT2D eigenvalue weighted by molar-refractivity contribution is 6.39. The Morgan fingerprint density at radius 1 is 0.865 bits per heavy atom. The summed E-state index contributed by atoms with van der Waals surface area (Å²) < 4.78 is 29.4. The number of aliphatic hydroxyl groups is 3. The van der Waals surface area contributed by atoms with Gasteiger partial charge in [-0.15, -0.1) is 0 Å². The minimum absolute atomic E-state index is 0.0193. The third-order valence-corrected chi connectivity index (χ3v) is 15.9. The number of ether oxygens (including phenoxy) is 5. The number of fused-ring (bicyclic) bond motifs is 3. The maximum atomic E-state index is 14.4. The van der Waals surface area contributed by atoms with Gasteiger partial charge in [0.25, 0.3) is 11.7 Å². The number of esters is 1. The Labute approximate surface area is 441 Å². The van der Waals surface area contributed by atoms with Gasteiger partial charge in [0.15, 0.2) is 5.78 Å². The number of methoxy groups -OCH3 is 3. The Kier molecular flexibility index (Phi) is 27.3. The molecule has 4 N–H and O–H groups in total. The average molecular weight is 1040 g/mol. The minimum Gasteiger partial charge on any atom is -0.481 e. The third kappa shape index (κ3) is 18.7. The van der Waals surface area contributed by atoms with Crippen molar-refractivity contribution in [3.05, 3.63) is 47.6 Å². The molecule has 16 nitrogen and oxygen atoms in total. The van der Waals surface area contributed by atoms with Crippen LogP contribution in [0.1, 0.15) is 159 Å². The average Bonchev–Trinajstić information content (AvgIpc) is 3.37. The van der Waals surface area contributed by atoms with Crippen LogP contribution < -0.4 is 0 Å². The number of allylic oxidation sites excluding steroid dienone is 6. The molecule has 3 aliphatic heterocycles. The minimum atomic E-state index is -2.43. The summed E-state index contributed by atoms with van der Waals surface area (Å²) in [5, 5.41) is 42.2. The van der Waals surface area contributed by atoms with Crippen molar-refractivity contribution in [3.8, 4) is 0 Å². The number of Topliss-reactive ketones (excluding diaryl/α,β-unsaturated/α-hetero) is 3. The predicted molar refractivity (Wildman–Crippen MR) is 281 cm³/mol. The molecule has 1 unspecified atom stereocenters. The number of ketones is 3. The van der Waals surface area contributed by atoms with Crippen molar-refractivity contribution < 1.29 is 72.9 Å². The molecule has 16 atom stereocenters. The lowest BCUT2D eigenvalue weighted by atomic mass is 9.78. The Hall–Kier alpha value is -3.90. The molecule has 1 aliphatic carbocycles. The van der Waals surface area contributed by atoms with E-state index in [0.29, 0.717) is 63.4 Å². The lowest BCUT2D eigenvalue weighted by Gasteiger charge is -2.42. The van der Waals surface area contributed by atoms with Gasteiger partial charge in [-0.25, -0.2) is 4.79 Å². The van der Waals surface area contributed by atoms with E-state index in [1.807, 2.05) is 58.1 Å². The summed E-state index contributed by atoms with van der Waals surface area (Å²) in [5.41, 5.74) is 1.27. The maximum absolute atomic E-state index is 14.4. The summed E-state index contributed by atoms with van der Waals surface area (Å²) in [7, 11) is 4.52. The molecule has 0 aromatic carbocycles. The van der Waals surface area contributed by atoms with Crippen LogP contribution >= 0.6 is 0 Å². The quantitative estimate of drug-likeness (QED) is 0.0920. The van der Waals surface area contributed by atoms with E-state index in [1.54, 1.807) is 48.0 Å². The number of carbonyl (C=O) groups excluding carboxylic acids is 5. The Bertz CT molecular complexity index is 1960. The first-order valence-electron chi connectivity index (χ1n) is 27.3. The standard InChI is InChI=1S/C51H79NO13.C7H14O2/c1-30-16-12-11-13-17-31(2)42(61-8)28-38-21-19-36(7)51(60,65-38)48(57)49(58)52-23-15-14-18-39(52)50(59)64-43(33(4)26-37-20-22-40(53)44(27-37)62-9)29-41(54)32(3)25-35(6)46(56)47(63-10)45(55)34(5)24-30;1-3-4-5-6(2)7(8)9/h11-13,16-17,25,30,32-34,36-40,42-44,46-47,53,56,60H,14-15,18-24,26-29H2,1-10H3;6H,3-5H2,1-2H3,(H,8,9)/b13-11+,16-12+,31-17+,35-25+;/t30-,32-,33-,34-,36-,37+,38+,39+,40-,42+,43+,44-,46-,47+,51-;/m1./s1. The van der Waals surface area contributed by atoms with E-state index in [4.69, 9.17) is 28.8 Å². The highest BCUT2D eigenvalue weighted by atomic mass is 16.6. The maximum Gasteiger partial charge on any atom is 0.329 e. The number of aliphatic hydroxyl groups excluding tert-OH is 2. The van der Waals surface area contributed by atoms with Gasteiger partial charge in [-0.2, -0.15) is 0 Å². The summed E-state index contributed by atoms with van der Waals surface area (Å²) in [6, 6.07) is -1.14. The number of hydrogen-bond donors (Lipinski definition) is 4. The number of hydrogen-bond acceptors (Lipinski definition) is 14. The van der Waals surface area contributed by atoms with Crippen molar-refractivity contribution in [2.24, 2.45) is 41.4 Å². The highest BCUT2D eigenvalue weighted by Crippen LogP contribution is 2.38. The van der Waals surface area contributed by atoms with E-state index >= 15 is 0 Å². The van der Waals surface area contributed by atoms with E-state index in [-0.39, 0.29) is 60.7 Å². The van der Waals surface area contributed by atoms with Crippen LogP contribution in [0.15, 0.2) is 47.6 Å². The SMILES string of the molecule is CCCCC(C)C(=O)O.CO[C@H]1C[C@@H]2CC[C@@H](C)[C@@](O)(O2)C(=O)C(=O)N2CCCC[C@H]2C(=O)O[C@H]([C@H](C)C[C@@H]2CC[C@@H](O)[C@H](OC)C2)CC(=O)[C@H](C)/C=C(\C)[C@@H](O)[C@@H](OC)C(=O)[C@H](C)C[C@H](C)/C=C/C=C/C=C/1C. The number of unbranched alkanes of at least 4 members (excludes halogenated alkanes) is 1. The zero-order chi connectivity index (χ0) is 55.4. The predicted octanol–water partition coefficient (Wildman–Crippen LogP) is 8.08. The molecular weight excluding hydrogens is 951 g/mol. The molecular formula is C58H93NO15. The van der Waals surface area contributed by atoms with Gasteiger partial charge in [-0.05, 0) is 113 Å². The number of amides is 1. The van der Waals surface area contributed by atoms with Crippen LogP contribution in [-0.2, 0) is 52.5 Å². The van der Waals surface area contributed by atoms with Gasteiger partial charge in [0, 0.05) is 58.5 Å². The molecule has 4 aliphatic rings. The van der Waals surface area contributed by atoms with Crippen molar-refractivity contribution in [1.82, 2.24) is 4.90 Å². The van der Waals surface area contributed by atoms with Crippen LogP contribution in [0, 0.1) is 41.4 Å².